The number of nitrogens with one attached hydrogen (secondary N) is 2. The molecule has 4 N–H and O–H groups in total. The molecule has 0 saturated heterocycles. The number of hydrogen-bond donors (Lipinski definition) is 3. The summed E-state index contributed by atoms with van der Waals surface area (Å²) in [6.45, 7) is 0.849. The van der Waals surface area contributed by atoms with Gasteiger partial charge >= 0.3 is 0 Å². The average molecular weight is 257 g/mol. The van der Waals surface area contributed by atoms with E-state index in [-0.39, 0.29) is 5.09 Å². The van der Waals surface area contributed by atoms with Crippen LogP contribution in [0.1, 0.15) is 11.6 Å². The first-order valence-corrected chi connectivity index (χ1v) is 6.27. The Morgan fingerprint density at radius 3 is 2.82 bits per heavy atom. The zero-order valence-electron chi connectivity index (χ0n) is 8.75. The fraction of sp³-hybridized carbons (Fsp3) is 0.250. The minimum absolute atomic E-state index is 0.242. The van der Waals surface area contributed by atoms with Crippen LogP contribution in [0.15, 0.2) is 28.0 Å². The highest BCUT2D eigenvalue weighted by Crippen LogP contribution is 2.11. The Bertz CT molecular complexity index is 574. The van der Waals surface area contributed by atoms with Crippen LogP contribution in [0.3, 0.4) is 0 Å². The summed E-state index contributed by atoms with van der Waals surface area (Å²) >= 11 is 0. The maximum absolute atomic E-state index is 10.9. The smallest absolute Gasteiger partial charge is 0.271 e. The van der Waals surface area contributed by atoms with Crippen molar-refractivity contribution in [3.05, 3.63) is 30.0 Å². The molecule has 2 aromatic heterocycles. The first kappa shape index (κ1) is 11.8. The third-order valence-electron chi connectivity index (χ3n) is 1.97. The van der Waals surface area contributed by atoms with E-state index in [2.05, 4.69) is 20.5 Å². The van der Waals surface area contributed by atoms with Crippen molar-refractivity contribution in [2.24, 2.45) is 5.14 Å². The molecule has 8 nitrogen and oxygen atoms in total. The summed E-state index contributed by atoms with van der Waals surface area (Å²) in [6.07, 6.45) is 1.41. The maximum Gasteiger partial charge on any atom is 0.271 e. The number of rotatable bonds is 5. The van der Waals surface area contributed by atoms with Crippen LogP contribution in [0.2, 0.25) is 0 Å². The van der Waals surface area contributed by atoms with Crippen molar-refractivity contribution in [3.8, 4) is 0 Å². The van der Waals surface area contributed by atoms with Gasteiger partial charge in [-0.1, -0.05) is 0 Å². The molecule has 17 heavy (non-hydrogen) atoms. The lowest BCUT2D eigenvalue weighted by Gasteiger charge is -1.98. The Morgan fingerprint density at radius 1 is 1.41 bits per heavy atom. The van der Waals surface area contributed by atoms with E-state index in [1.54, 1.807) is 6.07 Å². The minimum atomic E-state index is -3.77. The summed E-state index contributed by atoms with van der Waals surface area (Å²) in [5.74, 6) is 1.16. The van der Waals surface area contributed by atoms with Gasteiger partial charge in [-0.05, 0) is 12.1 Å². The molecule has 0 radical (unpaired) electrons. The van der Waals surface area contributed by atoms with Gasteiger partial charge in [-0.25, -0.2) is 18.5 Å². The monoisotopic (exact) mass is 257 g/mol. The van der Waals surface area contributed by atoms with Gasteiger partial charge in [0, 0.05) is 0 Å². The lowest BCUT2D eigenvalue weighted by molar-refractivity contribution is 0.401. The number of nitrogens with two attached hydrogens (primary N) is 1. The van der Waals surface area contributed by atoms with E-state index in [1.165, 1.54) is 12.4 Å². The quantitative estimate of drug-likeness (QED) is 0.652. The van der Waals surface area contributed by atoms with Crippen LogP contribution in [0.5, 0.6) is 0 Å². The van der Waals surface area contributed by atoms with Crippen molar-refractivity contribution >= 4 is 10.0 Å². The molecule has 2 heterocycles. The Labute approximate surface area is 97.3 Å². The third-order valence-corrected chi connectivity index (χ3v) is 2.75. The molecule has 0 fully saturated rings. The predicted octanol–water partition coefficient (Wildman–Crippen LogP) is -0.665. The van der Waals surface area contributed by atoms with Gasteiger partial charge in [-0.3, -0.25) is 5.10 Å². The molecular formula is C8H11N5O3S. The van der Waals surface area contributed by atoms with E-state index in [0.717, 1.165) is 0 Å². The highest BCUT2D eigenvalue weighted by Gasteiger charge is 2.12. The van der Waals surface area contributed by atoms with Gasteiger partial charge in [0.15, 0.2) is 0 Å². The first-order chi connectivity index (χ1) is 8.05. The van der Waals surface area contributed by atoms with E-state index in [0.29, 0.717) is 24.7 Å². The van der Waals surface area contributed by atoms with Gasteiger partial charge < -0.3 is 9.73 Å². The second-order valence-corrected chi connectivity index (χ2v) is 4.79. The van der Waals surface area contributed by atoms with Crippen LogP contribution in [0.4, 0.5) is 0 Å². The van der Waals surface area contributed by atoms with Crippen LogP contribution in [-0.2, 0) is 23.1 Å². The van der Waals surface area contributed by atoms with E-state index in [1.807, 2.05) is 0 Å². The van der Waals surface area contributed by atoms with Gasteiger partial charge in [0.2, 0.25) is 5.09 Å². The Morgan fingerprint density at radius 2 is 2.24 bits per heavy atom. The third kappa shape index (κ3) is 3.12. The predicted molar refractivity (Wildman–Crippen MR) is 57.0 cm³/mol. The number of sulfonamides is 1. The number of nitrogens with zero attached hydrogens (tertiary/aromatic N) is 2. The van der Waals surface area contributed by atoms with Crippen LogP contribution in [0.25, 0.3) is 0 Å². The normalized spacial score (nSPS) is 11.8. The largest absolute Gasteiger partial charge is 0.447 e. The molecule has 9 heteroatoms. The summed E-state index contributed by atoms with van der Waals surface area (Å²) < 4.78 is 26.9. The van der Waals surface area contributed by atoms with Crippen molar-refractivity contribution < 1.29 is 12.8 Å². The molecular weight excluding hydrogens is 246 g/mol. The van der Waals surface area contributed by atoms with Crippen molar-refractivity contribution in [3.63, 3.8) is 0 Å². The van der Waals surface area contributed by atoms with Gasteiger partial charge in [0.05, 0.1) is 13.1 Å². The van der Waals surface area contributed by atoms with Gasteiger partial charge in [0.1, 0.15) is 17.9 Å². The summed E-state index contributed by atoms with van der Waals surface area (Å²) in [6, 6.07) is 2.87. The Balaban J connectivity index is 1.90. The van der Waals surface area contributed by atoms with Crippen molar-refractivity contribution in [1.29, 1.82) is 0 Å². The number of H-pyrrole nitrogens is 1. The zero-order chi connectivity index (χ0) is 12.3. The average Bonchev–Trinajstić information content (AvgIpc) is 2.86. The first-order valence-electron chi connectivity index (χ1n) is 4.72. The number of aromatic amines is 1. The van der Waals surface area contributed by atoms with Gasteiger partial charge in [0.25, 0.3) is 10.0 Å². The maximum atomic E-state index is 10.9. The van der Waals surface area contributed by atoms with Crippen LogP contribution < -0.4 is 10.5 Å². The lowest BCUT2D eigenvalue weighted by Crippen LogP contribution is -2.13. The number of aromatic nitrogens is 3. The SMILES string of the molecule is NS(=O)(=O)c1ccc(CNCc2ncn[nH]2)o1. The zero-order valence-corrected chi connectivity index (χ0v) is 9.57. The Hall–Kier alpha value is -1.71. The molecule has 0 atom stereocenters. The fourth-order valence-corrected chi connectivity index (χ4v) is 1.71. The van der Waals surface area contributed by atoms with Crippen molar-refractivity contribution in [1.82, 2.24) is 20.5 Å². The van der Waals surface area contributed by atoms with Gasteiger partial charge in [-0.2, -0.15) is 5.10 Å². The summed E-state index contributed by atoms with van der Waals surface area (Å²) in [4.78, 5) is 3.92. The minimum Gasteiger partial charge on any atom is -0.447 e. The van der Waals surface area contributed by atoms with Crippen molar-refractivity contribution in [2.75, 3.05) is 0 Å². The van der Waals surface area contributed by atoms with Crippen molar-refractivity contribution in [2.45, 2.75) is 18.2 Å². The second-order valence-electron chi connectivity index (χ2n) is 3.30. The van der Waals surface area contributed by atoms with Crippen LogP contribution >= 0.6 is 0 Å². The molecule has 92 valence electrons. The van der Waals surface area contributed by atoms with E-state index in [4.69, 9.17) is 9.56 Å². The summed E-state index contributed by atoms with van der Waals surface area (Å²) in [5.41, 5.74) is 0. The molecule has 0 aliphatic heterocycles. The van der Waals surface area contributed by atoms with E-state index < -0.39 is 10.0 Å². The molecule has 0 unspecified atom stereocenters. The fourth-order valence-electron chi connectivity index (χ4n) is 1.23. The molecule has 0 amide bonds. The number of hydrogen-bond acceptors (Lipinski definition) is 6. The molecule has 2 aromatic rings. The molecule has 0 aliphatic rings. The molecule has 0 bridgehead atoms. The highest BCUT2D eigenvalue weighted by molar-refractivity contribution is 7.89. The summed E-state index contributed by atoms with van der Waals surface area (Å²) in [5, 5.41) is 14.0. The number of furan rings is 1. The lowest BCUT2D eigenvalue weighted by atomic mass is 10.4. The van der Waals surface area contributed by atoms with Crippen LogP contribution in [-0.4, -0.2) is 23.6 Å². The molecule has 0 aliphatic carbocycles. The molecule has 2 rings (SSSR count). The summed E-state index contributed by atoms with van der Waals surface area (Å²) in [7, 11) is -3.77. The molecule has 0 spiro atoms. The van der Waals surface area contributed by atoms with Crippen LogP contribution in [0, 0.1) is 0 Å². The molecule has 0 aromatic carbocycles. The molecule has 0 saturated carbocycles. The topological polar surface area (TPSA) is 127 Å². The standard InChI is InChI=1S/C8H11N5O3S/c9-17(14,15)8-2-1-6(16-8)3-10-4-7-11-5-12-13-7/h1-2,5,10H,3-4H2,(H2,9,14,15)(H,11,12,13). The Kier molecular flexibility index (Phi) is 3.22. The second kappa shape index (κ2) is 4.65. The number of primary sulfonamides is 1. The van der Waals surface area contributed by atoms with E-state index in [9.17, 15) is 8.42 Å². The highest BCUT2D eigenvalue weighted by atomic mass is 32.2. The van der Waals surface area contributed by atoms with E-state index >= 15 is 0 Å². The van der Waals surface area contributed by atoms with Gasteiger partial charge in [-0.15, -0.1) is 0 Å².